The first-order valence-electron chi connectivity index (χ1n) is 5.72. The van der Waals surface area contributed by atoms with E-state index in [1.165, 1.54) is 0 Å². The summed E-state index contributed by atoms with van der Waals surface area (Å²) in [5.74, 6) is 0. The third-order valence-electron chi connectivity index (χ3n) is 1.96. The molecule has 3 unspecified atom stereocenters. The second-order valence-electron chi connectivity index (χ2n) is 4.00. The number of hydrogen-bond acceptors (Lipinski definition) is 6. The van der Waals surface area contributed by atoms with Crippen molar-refractivity contribution in [3.05, 3.63) is 0 Å². The highest BCUT2D eigenvalue weighted by atomic mass is 35.5. The molecule has 0 N–H and O–H groups in total. The van der Waals surface area contributed by atoms with Crippen molar-refractivity contribution in [2.75, 3.05) is 19.8 Å². The molecule has 0 aliphatic heterocycles. The molecule has 112 valence electrons. The summed E-state index contributed by atoms with van der Waals surface area (Å²) in [6, 6.07) is 0. The van der Waals surface area contributed by atoms with Crippen LogP contribution >= 0.6 is 23.2 Å². The van der Waals surface area contributed by atoms with Gasteiger partial charge in [0, 0.05) is 23.2 Å². The van der Waals surface area contributed by atoms with Gasteiger partial charge in [0.2, 0.25) is 0 Å². The van der Waals surface area contributed by atoms with Crippen molar-refractivity contribution >= 4 is 34.1 Å². The summed E-state index contributed by atoms with van der Waals surface area (Å²) in [5, 5.41) is 0. The maximum atomic E-state index is 10.5. The lowest BCUT2D eigenvalue weighted by molar-refractivity contribution is -0.0622. The Bertz CT molecular complexity index is 286. The number of hydrogen-bond donors (Lipinski definition) is 0. The summed E-state index contributed by atoms with van der Waals surface area (Å²) < 4.78 is 20.0. The summed E-state index contributed by atoms with van der Waals surface area (Å²) in [6.45, 7) is 5.81. The molecule has 6 nitrogen and oxygen atoms in total. The largest absolute Gasteiger partial charge is 0.451 e. The zero-order valence-electron chi connectivity index (χ0n) is 11.1. The number of ether oxygens (including phenoxy) is 4. The van der Waals surface area contributed by atoms with Crippen LogP contribution in [0.1, 0.15) is 20.8 Å². The van der Waals surface area contributed by atoms with Crippen molar-refractivity contribution in [3.63, 3.8) is 0 Å². The van der Waals surface area contributed by atoms with Crippen LogP contribution in [0.3, 0.4) is 0 Å². The Morgan fingerprint density at radius 2 is 1.32 bits per heavy atom. The first-order valence-corrected chi connectivity index (χ1v) is 6.48. The van der Waals surface area contributed by atoms with Crippen molar-refractivity contribution in [1.82, 2.24) is 0 Å². The Morgan fingerprint density at radius 3 is 1.79 bits per heavy atom. The van der Waals surface area contributed by atoms with Gasteiger partial charge in [-0.3, -0.25) is 0 Å². The standard InChI is InChI=1S/C11H18Cl2O6/c1-7(17-6-9(3)19-11(13)15)4-16-8(2)5-18-10(12)14/h7-9H,4-6H2,1-3H3. The minimum Gasteiger partial charge on any atom is -0.451 e. The first-order chi connectivity index (χ1) is 8.81. The predicted octanol–water partition coefficient (Wildman–Crippen LogP) is 2.94. The molecule has 0 heterocycles. The molecule has 0 aliphatic carbocycles. The number of halogens is 2. The van der Waals surface area contributed by atoms with Gasteiger partial charge in [-0.25, -0.2) is 9.59 Å². The fourth-order valence-corrected chi connectivity index (χ4v) is 1.29. The minimum absolute atomic E-state index is 0.0787. The second kappa shape index (κ2) is 10.3. The van der Waals surface area contributed by atoms with Gasteiger partial charge >= 0.3 is 10.9 Å². The first kappa shape index (κ1) is 18.4. The van der Waals surface area contributed by atoms with Crippen LogP contribution in [0, 0.1) is 0 Å². The smallest absolute Gasteiger partial charge is 0.404 e. The lowest BCUT2D eigenvalue weighted by atomic mass is 10.4. The second-order valence-corrected chi connectivity index (χ2v) is 4.62. The average Bonchev–Trinajstić information content (AvgIpc) is 2.30. The quantitative estimate of drug-likeness (QED) is 0.609. The van der Waals surface area contributed by atoms with E-state index in [2.05, 4.69) is 9.47 Å². The topological polar surface area (TPSA) is 71.1 Å². The zero-order valence-corrected chi connectivity index (χ0v) is 12.6. The highest BCUT2D eigenvalue weighted by molar-refractivity contribution is 6.61. The Labute approximate surface area is 122 Å². The average molecular weight is 317 g/mol. The minimum atomic E-state index is -0.864. The molecule has 0 saturated carbocycles. The number of rotatable bonds is 9. The number of carbonyl (C=O) groups is 2. The molecule has 0 fully saturated rings. The van der Waals surface area contributed by atoms with E-state index in [-0.39, 0.29) is 25.4 Å². The van der Waals surface area contributed by atoms with Crippen molar-refractivity contribution in [2.45, 2.75) is 39.1 Å². The maximum Gasteiger partial charge on any atom is 0.404 e. The molecule has 19 heavy (non-hydrogen) atoms. The highest BCUT2D eigenvalue weighted by Crippen LogP contribution is 2.02. The summed E-state index contributed by atoms with van der Waals surface area (Å²) in [4.78, 5) is 20.8. The van der Waals surface area contributed by atoms with Crippen LogP contribution < -0.4 is 0 Å². The van der Waals surface area contributed by atoms with E-state index in [9.17, 15) is 9.59 Å². The van der Waals surface area contributed by atoms with Crippen LogP contribution in [0.2, 0.25) is 0 Å². The summed E-state index contributed by atoms with van der Waals surface area (Å²) in [6.07, 6.45) is -0.917. The zero-order chi connectivity index (χ0) is 14.8. The molecule has 0 radical (unpaired) electrons. The molecule has 0 saturated heterocycles. The van der Waals surface area contributed by atoms with Crippen LogP contribution in [0.5, 0.6) is 0 Å². The van der Waals surface area contributed by atoms with Crippen molar-refractivity contribution in [3.8, 4) is 0 Å². The molecule has 8 heteroatoms. The third kappa shape index (κ3) is 12.2. The van der Waals surface area contributed by atoms with Crippen LogP contribution in [0.4, 0.5) is 9.59 Å². The molecule has 0 aliphatic rings. The van der Waals surface area contributed by atoms with Crippen LogP contribution in [0.25, 0.3) is 0 Å². The Morgan fingerprint density at radius 1 is 0.842 bits per heavy atom. The highest BCUT2D eigenvalue weighted by Gasteiger charge is 2.12. The molecule has 0 bridgehead atoms. The monoisotopic (exact) mass is 316 g/mol. The molecular weight excluding hydrogens is 299 g/mol. The van der Waals surface area contributed by atoms with Crippen LogP contribution in [-0.4, -0.2) is 49.0 Å². The van der Waals surface area contributed by atoms with Gasteiger partial charge in [-0.1, -0.05) is 0 Å². The summed E-state index contributed by atoms with van der Waals surface area (Å²) in [7, 11) is 0. The molecule has 0 aromatic carbocycles. The van der Waals surface area contributed by atoms with Crippen LogP contribution in [0.15, 0.2) is 0 Å². The van der Waals surface area contributed by atoms with Gasteiger partial charge in [-0.05, 0) is 20.8 Å². The van der Waals surface area contributed by atoms with E-state index in [0.29, 0.717) is 6.61 Å². The van der Waals surface area contributed by atoms with E-state index in [0.717, 1.165) is 0 Å². The van der Waals surface area contributed by atoms with Gasteiger partial charge < -0.3 is 18.9 Å². The molecule has 0 spiro atoms. The Hall–Kier alpha value is -0.560. The molecule has 0 aromatic rings. The Balaban J connectivity index is 3.65. The molecular formula is C11H18Cl2O6. The SMILES string of the molecule is CC(COC(=O)Cl)OCC(C)OCC(C)OC(=O)Cl. The van der Waals surface area contributed by atoms with Crippen molar-refractivity contribution < 1.29 is 28.5 Å². The lowest BCUT2D eigenvalue weighted by Crippen LogP contribution is -2.27. The van der Waals surface area contributed by atoms with E-state index >= 15 is 0 Å². The molecule has 0 aromatic heterocycles. The van der Waals surface area contributed by atoms with E-state index in [1.807, 2.05) is 0 Å². The van der Waals surface area contributed by atoms with E-state index in [4.69, 9.17) is 32.7 Å². The lowest BCUT2D eigenvalue weighted by Gasteiger charge is -2.19. The fourth-order valence-electron chi connectivity index (χ4n) is 1.07. The fraction of sp³-hybridized carbons (Fsp3) is 0.818. The van der Waals surface area contributed by atoms with Crippen LogP contribution in [-0.2, 0) is 18.9 Å². The van der Waals surface area contributed by atoms with Gasteiger partial charge in [-0.2, -0.15) is 0 Å². The van der Waals surface area contributed by atoms with Gasteiger partial charge in [0.25, 0.3) is 0 Å². The van der Waals surface area contributed by atoms with Gasteiger partial charge in [-0.15, -0.1) is 0 Å². The van der Waals surface area contributed by atoms with Crippen molar-refractivity contribution in [1.29, 1.82) is 0 Å². The van der Waals surface area contributed by atoms with Gasteiger partial charge in [0.15, 0.2) is 0 Å². The molecule has 0 rings (SSSR count). The summed E-state index contributed by atoms with van der Waals surface area (Å²) >= 11 is 10.1. The van der Waals surface area contributed by atoms with Gasteiger partial charge in [0.1, 0.15) is 12.7 Å². The molecule has 0 amide bonds. The number of carbonyl (C=O) groups excluding carboxylic acids is 2. The third-order valence-corrected chi connectivity index (χ3v) is 2.15. The maximum absolute atomic E-state index is 10.5. The summed E-state index contributed by atoms with van der Waals surface area (Å²) in [5.41, 5.74) is -1.73. The van der Waals surface area contributed by atoms with Gasteiger partial charge in [0.05, 0.1) is 25.4 Å². The van der Waals surface area contributed by atoms with E-state index in [1.54, 1.807) is 20.8 Å². The normalized spacial score (nSPS) is 15.4. The molecule has 3 atom stereocenters. The van der Waals surface area contributed by atoms with Crippen molar-refractivity contribution in [2.24, 2.45) is 0 Å². The Kier molecular flexibility index (Phi) is 9.95. The predicted molar refractivity (Wildman–Crippen MR) is 69.8 cm³/mol. The van der Waals surface area contributed by atoms with E-state index < -0.39 is 17.0 Å².